The first-order chi connectivity index (χ1) is 4.89. The Balaban J connectivity index is 4.62. The van der Waals surface area contributed by atoms with E-state index in [1.807, 2.05) is 14.1 Å². The second kappa shape index (κ2) is 3.71. The Morgan fingerprint density at radius 1 is 1.36 bits per heavy atom. The van der Waals surface area contributed by atoms with Gasteiger partial charge in [-0.25, -0.2) is 4.99 Å². The van der Waals surface area contributed by atoms with E-state index in [1.54, 1.807) is 6.20 Å². The van der Waals surface area contributed by atoms with Crippen LogP contribution in [0.3, 0.4) is 0 Å². The van der Waals surface area contributed by atoms with Crippen molar-refractivity contribution in [1.82, 2.24) is 4.90 Å². The van der Waals surface area contributed by atoms with E-state index >= 15 is 0 Å². The summed E-state index contributed by atoms with van der Waals surface area (Å²) < 4.78 is 0. The molecule has 0 bridgehead atoms. The zero-order valence-corrected chi connectivity index (χ0v) is 9.18. The van der Waals surface area contributed by atoms with Crippen LogP contribution in [-0.4, -0.2) is 32.5 Å². The van der Waals surface area contributed by atoms with Gasteiger partial charge in [0.05, 0.1) is 5.46 Å². The van der Waals surface area contributed by atoms with Crippen LogP contribution in [0, 0.1) is 0 Å². The zero-order chi connectivity index (χ0) is 9.07. The van der Waals surface area contributed by atoms with Crippen LogP contribution in [0.4, 0.5) is 0 Å². The molecule has 64 valence electrons. The number of hydrogen-bond acceptors (Lipinski definition) is 1. The van der Waals surface area contributed by atoms with Crippen LogP contribution in [0.5, 0.6) is 0 Å². The first kappa shape index (κ1) is 10.4. The average molecular weight is 170 g/mol. The van der Waals surface area contributed by atoms with Crippen LogP contribution in [0.2, 0.25) is 19.6 Å². The lowest BCUT2D eigenvalue weighted by molar-refractivity contribution is 0.631. The van der Waals surface area contributed by atoms with E-state index in [-0.39, 0.29) is 0 Å². The lowest BCUT2D eigenvalue weighted by atomic mass is 10.9. The van der Waals surface area contributed by atoms with E-state index < -0.39 is 8.07 Å². The molecule has 0 aromatic carbocycles. The summed E-state index contributed by atoms with van der Waals surface area (Å²) in [5, 5.41) is 0. The topological polar surface area (TPSA) is 15.6 Å². The van der Waals surface area contributed by atoms with Gasteiger partial charge >= 0.3 is 0 Å². The van der Waals surface area contributed by atoms with Gasteiger partial charge in [-0.05, 0) is 0 Å². The predicted molar refractivity (Wildman–Crippen MR) is 54.7 cm³/mol. The highest BCUT2D eigenvalue weighted by atomic mass is 28.3. The van der Waals surface area contributed by atoms with Crippen LogP contribution in [-0.2, 0) is 0 Å². The van der Waals surface area contributed by atoms with E-state index in [0.717, 1.165) is 0 Å². The molecular weight excluding hydrogens is 152 g/mol. The Bertz CT molecular complexity index is 165. The Kier molecular flexibility index (Phi) is 3.52. The van der Waals surface area contributed by atoms with E-state index in [1.165, 1.54) is 5.46 Å². The maximum Gasteiger partial charge on any atom is 0.122 e. The summed E-state index contributed by atoms with van der Waals surface area (Å²) in [6.07, 6.45) is 1.62. The maximum absolute atomic E-state index is 4.26. The molecule has 0 saturated carbocycles. The number of nitrogens with zero attached hydrogens (tertiary/aromatic N) is 2. The molecule has 0 N–H and O–H groups in total. The third kappa shape index (κ3) is 3.37. The molecule has 0 aliphatic heterocycles. The van der Waals surface area contributed by atoms with Crippen molar-refractivity contribution < 1.29 is 0 Å². The quantitative estimate of drug-likeness (QED) is 0.351. The van der Waals surface area contributed by atoms with Crippen LogP contribution in [0.15, 0.2) is 17.8 Å². The maximum atomic E-state index is 4.26. The number of aliphatic imine (C=N–C) groups is 1. The molecular formula is C8H18N2Si. The summed E-state index contributed by atoms with van der Waals surface area (Å²) in [4.78, 5) is 6.34. The summed E-state index contributed by atoms with van der Waals surface area (Å²) in [5.41, 5.74) is 1.19. The summed E-state index contributed by atoms with van der Waals surface area (Å²) in [6.45, 7) is 10.4. The van der Waals surface area contributed by atoms with Gasteiger partial charge in [0.25, 0.3) is 0 Å². The highest BCUT2D eigenvalue weighted by molar-refractivity contribution is 7.04. The van der Waals surface area contributed by atoms with Gasteiger partial charge in [-0.3, -0.25) is 0 Å². The Labute approximate surface area is 70.6 Å². The monoisotopic (exact) mass is 170 g/mol. The van der Waals surface area contributed by atoms with Gasteiger partial charge in [0.1, 0.15) is 8.07 Å². The predicted octanol–water partition coefficient (Wildman–Crippen LogP) is 1.97. The first-order valence-electron chi connectivity index (χ1n) is 3.76. The van der Waals surface area contributed by atoms with Crippen molar-refractivity contribution >= 4 is 13.5 Å². The highest BCUT2D eigenvalue weighted by Crippen LogP contribution is 2.06. The number of amidine groups is 1. The number of rotatable bonds is 2. The highest BCUT2D eigenvalue weighted by Gasteiger charge is 2.22. The molecule has 0 amide bonds. The van der Waals surface area contributed by atoms with Crippen molar-refractivity contribution in [3.05, 3.63) is 12.8 Å². The fourth-order valence-corrected chi connectivity index (χ4v) is 2.89. The molecule has 2 nitrogen and oxygen atoms in total. The molecule has 0 rings (SSSR count). The number of hydrogen-bond donors (Lipinski definition) is 0. The van der Waals surface area contributed by atoms with E-state index in [4.69, 9.17) is 0 Å². The fraction of sp³-hybridized carbons (Fsp3) is 0.625. The minimum Gasteiger partial charge on any atom is -0.370 e. The van der Waals surface area contributed by atoms with Crippen molar-refractivity contribution in [2.45, 2.75) is 19.6 Å². The van der Waals surface area contributed by atoms with Crippen LogP contribution in [0.1, 0.15) is 0 Å². The molecule has 0 aliphatic carbocycles. The van der Waals surface area contributed by atoms with Crippen LogP contribution in [0.25, 0.3) is 0 Å². The summed E-state index contributed by atoms with van der Waals surface area (Å²) in [6, 6.07) is 0. The molecule has 0 aromatic rings. The van der Waals surface area contributed by atoms with Crippen LogP contribution < -0.4 is 0 Å². The summed E-state index contributed by atoms with van der Waals surface area (Å²) in [7, 11) is 2.79. The molecule has 11 heavy (non-hydrogen) atoms. The van der Waals surface area contributed by atoms with Gasteiger partial charge in [0.15, 0.2) is 0 Å². The molecule has 0 atom stereocenters. The minimum absolute atomic E-state index is 1.19. The Morgan fingerprint density at radius 2 is 1.82 bits per heavy atom. The fourth-order valence-electron chi connectivity index (χ4n) is 1.07. The van der Waals surface area contributed by atoms with Gasteiger partial charge in [-0.15, -0.1) is 0 Å². The second-order valence-electron chi connectivity index (χ2n) is 3.78. The molecule has 0 aromatic heterocycles. The van der Waals surface area contributed by atoms with Gasteiger partial charge in [0.2, 0.25) is 0 Å². The normalized spacial score (nSPS) is 13.0. The van der Waals surface area contributed by atoms with Gasteiger partial charge in [-0.1, -0.05) is 26.2 Å². The van der Waals surface area contributed by atoms with E-state index in [9.17, 15) is 0 Å². The lowest BCUT2D eigenvalue weighted by Crippen LogP contribution is -2.43. The largest absolute Gasteiger partial charge is 0.370 e. The van der Waals surface area contributed by atoms with E-state index in [2.05, 4.69) is 36.1 Å². The Morgan fingerprint density at radius 3 is 1.91 bits per heavy atom. The average Bonchev–Trinajstić information content (AvgIpc) is 1.79. The minimum atomic E-state index is -1.27. The molecule has 0 heterocycles. The van der Waals surface area contributed by atoms with E-state index in [0.29, 0.717) is 0 Å². The van der Waals surface area contributed by atoms with Gasteiger partial charge < -0.3 is 4.90 Å². The first-order valence-corrected chi connectivity index (χ1v) is 7.26. The molecule has 0 aliphatic rings. The molecule has 0 fully saturated rings. The smallest absolute Gasteiger partial charge is 0.122 e. The molecule has 3 heteroatoms. The molecule has 0 saturated heterocycles. The van der Waals surface area contributed by atoms with Crippen molar-refractivity contribution in [3.63, 3.8) is 0 Å². The molecule has 0 spiro atoms. The standard InChI is InChI=1S/C8H18N2Si/c1-7-9-8(10(2)3)11(4,5)6/h7H,1H2,2-6H3/b9-8+. The SMILES string of the molecule is C=C/N=C(\N(C)C)[Si](C)(C)C. The lowest BCUT2D eigenvalue weighted by Gasteiger charge is -2.25. The molecule has 0 radical (unpaired) electrons. The second-order valence-corrected chi connectivity index (χ2v) is 8.73. The van der Waals surface area contributed by atoms with Gasteiger partial charge in [0, 0.05) is 20.3 Å². The van der Waals surface area contributed by atoms with Gasteiger partial charge in [-0.2, -0.15) is 0 Å². The zero-order valence-electron chi connectivity index (χ0n) is 8.18. The van der Waals surface area contributed by atoms with Crippen molar-refractivity contribution in [2.75, 3.05) is 14.1 Å². The van der Waals surface area contributed by atoms with Crippen LogP contribution >= 0.6 is 0 Å². The summed E-state index contributed by atoms with van der Waals surface area (Å²) in [5.74, 6) is 0. The summed E-state index contributed by atoms with van der Waals surface area (Å²) >= 11 is 0. The van der Waals surface area contributed by atoms with Crippen molar-refractivity contribution in [1.29, 1.82) is 0 Å². The third-order valence-electron chi connectivity index (χ3n) is 1.31. The Hall–Kier alpha value is -0.573. The third-order valence-corrected chi connectivity index (χ3v) is 3.23. The van der Waals surface area contributed by atoms with Crippen molar-refractivity contribution in [3.8, 4) is 0 Å². The van der Waals surface area contributed by atoms with Crippen molar-refractivity contribution in [2.24, 2.45) is 4.99 Å². The molecule has 0 unspecified atom stereocenters.